The van der Waals surface area contributed by atoms with E-state index in [-0.39, 0.29) is 11.9 Å². The second kappa shape index (κ2) is 8.10. The van der Waals surface area contributed by atoms with Crippen LogP contribution in [-0.2, 0) is 0 Å². The van der Waals surface area contributed by atoms with Crippen LogP contribution in [0, 0.1) is 6.92 Å². The zero-order valence-electron chi connectivity index (χ0n) is 16.4. The van der Waals surface area contributed by atoms with E-state index in [9.17, 15) is 4.79 Å². The van der Waals surface area contributed by atoms with Crippen molar-refractivity contribution >= 4 is 5.91 Å². The molecule has 4 aromatic rings. The van der Waals surface area contributed by atoms with Gasteiger partial charge in [0.2, 0.25) is 0 Å². The summed E-state index contributed by atoms with van der Waals surface area (Å²) in [6.07, 6.45) is 3.51. The van der Waals surface area contributed by atoms with Crippen molar-refractivity contribution in [2.24, 2.45) is 0 Å². The maximum Gasteiger partial charge on any atom is 0.255 e. The number of hydrogen-bond acceptors (Lipinski definition) is 3. The number of nitrogens with one attached hydrogen (secondary N) is 1. The summed E-state index contributed by atoms with van der Waals surface area (Å²) in [7, 11) is 0. The predicted molar refractivity (Wildman–Crippen MR) is 114 cm³/mol. The van der Waals surface area contributed by atoms with E-state index in [1.807, 2.05) is 86.6 Å². The van der Waals surface area contributed by atoms with Gasteiger partial charge in [-0.15, -0.1) is 0 Å². The summed E-state index contributed by atoms with van der Waals surface area (Å²) in [6.45, 7) is 3.97. The number of benzene rings is 2. The number of rotatable bonds is 5. The number of carbonyl (C=O) groups excluding carboxylic acids is 1. The second-order valence-electron chi connectivity index (χ2n) is 6.99. The number of carbonyl (C=O) groups is 1. The molecule has 0 bridgehead atoms. The highest BCUT2D eigenvalue weighted by Crippen LogP contribution is 2.24. The van der Waals surface area contributed by atoms with Crippen LogP contribution in [0.5, 0.6) is 0 Å². The number of aryl methyl sites for hydroxylation is 1. The largest absolute Gasteiger partial charge is 0.344 e. The average molecular weight is 382 g/mol. The molecule has 1 amide bonds. The van der Waals surface area contributed by atoms with E-state index in [1.165, 1.54) is 5.56 Å². The Balaban J connectivity index is 1.70. The van der Waals surface area contributed by atoms with Crippen molar-refractivity contribution in [3.63, 3.8) is 0 Å². The summed E-state index contributed by atoms with van der Waals surface area (Å²) in [4.78, 5) is 17.5. The van der Waals surface area contributed by atoms with Gasteiger partial charge in [0.1, 0.15) is 5.69 Å². The third-order valence-corrected chi connectivity index (χ3v) is 4.78. The van der Waals surface area contributed by atoms with Crippen molar-refractivity contribution in [1.82, 2.24) is 20.1 Å². The molecule has 2 heterocycles. The van der Waals surface area contributed by atoms with E-state index in [4.69, 9.17) is 5.10 Å². The molecule has 0 saturated heterocycles. The minimum atomic E-state index is -0.213. The quantitative estimate of drug-likeness (QED) is 0.543. The number of hydrogen-bond donors (Lipinski definition) is 1. The first-order valence-corrected chi connectivity index (χ1v) is 9.56. The Bertz CT molecular complexity index is 1100. The fourth-order valence-corrected chi connectivity index (χ4v) is 3.16. The highest BCUT2D eigenvalue weighted by atomic mass is 16.1. The topological polar surface area (TPSA) is 59.8 Å². The average Bonchev–Trinajstić information content (AvgIpc) is 3.21. The van der Waals surface area contributed by atoms with Gasteiger partial charge in [0.15, 0.2) is 0 Å². The Morgan fingerprint density at radius 3 is 2.38 bits per heavy atom. The molecule has 0 spiro atoms. The van der Waals surface area contributed by atoms with Crippen LogP contribution in [0.2, 0.25) is 0 Å². The maximum atomic E-state index is 13.1. The van der Waals surface area contributed by atoms with Gasteiger partial charge in [0.25, 0.3) is 5.91 Å². The minimum absolute atomic E-state index is 0.180. The van der Waals surface area contributed by atoms with E-state index >= 15 is 0 Å². The maximum absolute atomic E-state index is 13.1. The van der Waals surface area contributed by atoms with Crippen LogP contribution in [0.25, 0.3) is 16.9 Å². The normalized spacial score (nSPS) is 11.8. The number of amides is 1. The van der Waals surface area contributed by atoms with E-state index in [0.29, 0.717) is 11.3 Å². The fourth-order valence-electron chi connectivity index (χ4n) is 3.16. The Hall–Kier alpha value is -3.73. The van der Waals surface area contributed by atoms with Crippen molar-refractivity contribution < 1.29 is 4.79 Å². The molecule has 0 aliphatic heterocycles. The Labute approximate surface area is 170 Å². The van der Waals surface area contributed by atoms with Crippen LogP contribution in [0.4, 0.5) is 0 Å². The standard InChI is InChI=1S/C24H22N4O/c1-17-11-13-20(14-12-17)28-16-21(23(27-28)19-8-4-3-5-9-19)24(29)26-18(2)22-10-6-7-15-25-22/h3-16,18H,1-2H3,(H,26,29). The first-order valence-electron chi connectivity index (χ1n) is 9.56. The van der Waals surface area contributed by atoms with Gasteiger partial charge in [-0.3, -0.25) is 9.78 Å². The van der Waals surface area contributed by atoms with Crippen LogP contribution < -0.4 is 5.32 Å². The molecule has 1 atom stereocenters. The van der Waals surface area contributed by atoms with Crippen molar-refractivity contribution in [3.05, 3.63) is 102 Å². The van der Waals surface area contributed by atoms with E-state index in [0.717, 1.165) is 16.9 Å². The van der Waals surface area contributed by atoms with Crippen molar-refractivity contribution in [2.75, 3.05) is 0 Å². The molecule has 2 aromatic carbocycles. The van der Waals surface area contributed by atoms with Gasteiger partial charge in [-0.05, 0) is 38.1 Å². The molecule has 0 aliphatic carbocycles. The fraction of sp³-hybridized carbons (Fsp3) is 0.125. The van der Waals surface area contributed by atoms with E-state index in [1.54, 1.807) is 17.1 Å². The first-order chi connectivity index (χ1) is 14.1. The van der Waals surface area contributed by atoms with Crippen molar-refractivity contribution in [3.8, 4) is 16.9 Å². The molecular weight excluding hydrogens is 360 g/mol. The molecule has 5 nitrogen and oxygen atoms in total. The zero-order valence-corrected chi connectivity index (χ0v) is 16.4. The predicted octanol–water partition coefficient (Wildman–Crippen LogP) is 4.73. The lowest BCUT2D eigenvalue weighted by atomic mass is 10.1. The molecule has 4 rings (SSSR count). The molecule has 144 valence electrons. The molecule has 0 radical (unpaired) electrons. The summed E-state index contributed by atoms with van der Waals surface area (Å²) < 4.78 is 1.75. The first kappa shape index (κ1) is 18.6. The number of aromatic nitrogens is 3. The molecule has 0 saturated carbocycles. The van der Waals surface area contributed by atoms with Crippen LogP contribution in [-0.4, -0.2) is 20.7 Å². The third-order valence-electron chi connectivity index (χ3n) is 4.78. The lowest BCUT2D eigenvalue weighted by Crippen LogP contribution is -2.27. The molecule has 0 aliphatic rings. The van der Waals surface area contributed by atoms with Gasteiger partial charge >= 0.3 is 0 Å². The molecule has 1 N–H and O–H groups in total. The number of nitrogens with zero attached hydrogens (tertiary/aromatic N) is 3. The Morgan fingerprint density at radius 2 is 1.69 bits per heavy atom. The summed E-state index contributed by atoms with van der Waals surface area (Å²) >= 11 is 0. The summed E-state index contributed by atoms with van der Waals surface area (Å²) in [5.74, 6) is -0.180. The highest BCUT2D eigenvalue weighted by molar-refractivity contribution is 6.00. The van der Waals surface area contributed by atoms with Crippen LogP contribution in [0.1, 0.15) is 34.6 Å². The van der Waals surface area contributed by atoms with Gasteiger partial charge in [0.05, 0.1) is 23.0 Å². The smallest absolute Gasteiger partial charge is 0.255 e. The van der Waals surface area contributed by atoms with Crippen molar-refractivity contribution in [2.45, 2.75) is 19.9 Å². The third kappa shape index (κ3) is 4.09. The monoisotopic (exact) mass is 382 g/mol. The summed E-state index contributed by atoms with van der Waals surface area (Å²) in [6, 6.07) is 23.3. The van der Waals surface area contributed by atoms with Gasteiger partial charge in [-0.25, -0.2) is 4.68 Å². The van der Waals surface area contributed by atoms with Crippen LogP contribution in [0.3, 0.4) is 0 Å². The lowest BCUT2D eigenvalue weighted by Gasteiger charge is -2.13. The summed E-state index contributed by atoms with van der Waals surface area (Å²) in [5.41, 5.74) is 4.97. The van der Waals surface area contributed by atoms with Gasteiger partial charge in [0, 0.05) is 18.0 Å². The summed E-state index contributed by atoms with van der Waals surface area (Å²) in [5, 5.41) is 7.76. The van der Waals surface area contributed by atoms with E-state index in [2.05, 4.69) is 10.3 Å². The van der Waals surface area contributed by atoms with Crippen LogP contribution >= 0.6 is 0 Å². The lowest BCUT2D eigenvalue weighted by molar-refractivity contribution is 0.0939. The molecule has 29 heavy (non-hydrogen) atoms. The molecular formula is C24H22N4O. The molecule has 1 unspecified atom stereocenters. The second-order valence-corrected chi connectivity index (χ2v) is 6.99. The van der Waals surface area contributed by atoms with Crippen LogP contribution in [0.15, 0.2) is 85.2 Å². The Kier molecular flexibility index (Phi) is 5.20. The molecule has 2 aromatic heterocycles. The van der Waals surface area contributed by atoms with Gasteiger partial charge in [-0.2, -0.15) is 5.10 Å². The number of pyridine rings is 1. The Morgan fingerprint density at radius 1 is 0.966 bits per heavy atom. The molecule has 0 fully saturated rings. The van der Waals surface area contributed by atoms with Gasteiger partial charge < -0.3 is 5.32 Å². The van der Waals surface area contributed by atoms with E-state index < -0.39 is 0 Å². The highest BCUT2D eigenvalue weighted by Gasteiger charge is 2.20. The van der Waals surface area contributed by atoms with Crippen molar-refractivity contribution in [1.29, 1.82) is 0 Å². The van der Waals surface area contributed by atoms with Gasteiger partial charge in [-0.1, -0.05) is 54.1 Å². The minimum Gasteiger partial charge on any atom is -0.344 e. The zero-order chi connectivity index (χ0) is 20.2. The molecule has 5 heteroatoms. The SMILES string of the molecule is Cc1ccc(-n2cc(C(=O)NC(C)c3ccccn3)c(-c3ccccc3)n2)cc1.